The van der Waals surface area contributed by atoms with Crippen LogP contribution >= 0.6 is 0 Å². The van der Waals surface area contributed by atoms with E-state index in [1.165, 1.54) is 0 Å². The highest BCUT2D eigenvalue weighted by atomic mass is 16.6. The van der Waals surface area contributed by atoms with Gasteiger partial charge >= 0.3 is 5.97 Å². The van der Waals surface area contributed by atoms with Crippen LogP contribution in [0, 0.1) is 5.92 Å². The zero-order chi connectivity index (χ0) is 15.1. The predicted octanol–water partition coefficient (Wildman–Crippen LogP) is 2.76. The highest BCUT2D eigenvalue weighted by Gasteiger charge is 2.25. The Labute approximate surface area is 121 Å². The van der Waals surface area contributed by atoms with Crippen molar-refractivity contribution in [2.45, 2.75) is 52.4 Å². The van der Waals surface area contributed by atoms with E-state index in [0.29, 0.717) is 5.92 Å². The highest BCUT2D eigenvalue weighted by molar-refractivity contribution is 5.75. The Hall–Kier alpha value is -1.55. The monoisotopic (exact) mass is 279 g/mol. The van der Waals surface area contributed by atoms with Gasteiger partial charge in [0.1, 0.15) is 24.0 Å². The summed E-state index contributed by atoms with van der Waals surface area (Å²) in [6, 6.07) is 8.90. The van der Waals surface area contributed by atoms with Crippen molar-refractivity contribution in [3.05, 3.63) is 30.3 Å². The Morgan fingerprint density at radius 2 is 1.75 bits per heavy atom. The van der Waals surface area contributed by atoms with Crippen molar-refractivity contribution in [3.63, 3.8) is 0 Å². The zero-order valence-corrected chi connectivity index (χ0v) is 12.7. The van der Waals surface area contributed by atoms with Crippen LogP contribution in [0.1, 0.15) is 34.1 Å². The van der Waals surface area contributed by atoms with Gasteiger partial charge in [-0.2, -0.15) is 0 Å². The molecule has 4 heteroatoms. The smallest absolute Gasteiger partial charge is 0.323 e. The van der Waals surface area contributed by atoms with Gasteiger partial charge in [-0.15, -0.1) is 0 Å². The van der Waals surface area contributed by atoms with Crippen molar-refractivity contribution in [2.75, 3.05) is 0 Å². The third-order valence-electron chi connectivity index (χ3n) is 2.93. The molecule has 2 N–H and O–H groups in total. The van der Waals surface area contributed by atoms with Crippen LogP contribution in [0.2, 0.25) is 0 Å². The van der Waals surface area contributed by atoms with Crippen LogP contribution in [-0.4, -0.2) is 24.2 Å². The summed E-state index contributed by atoms with van der Waals surface area (Å²) in [6.45, 7) is 7.70. The molecule has 1 aromatic rings. The molecule has 20 heavy (non-hydrogen) atoms. The first kappa shape index (κ1) is 16.5. The molecular formula is C16H25NO3. The fraction of sp³-hybridized carbons (Fsp3) is 0.562. The molecular weight excluding hydrogens is 254 g/mol. The minimum absolute atomic E-state index is 0.220. The lowest BCUT2D eigenvalue weighted by atomic mass is 10.0. The summed E-state index contributed by atoms with van der Waals surface area (Å²) in [7, 11) is 0. The maximum Gasteiger partial charge on any atom is 0.323 e. The third kappa shape index (κ3) is 5.61. The van der Waals surface area contributed by atoms with Gasteiger partial charge in [0.05, 0.1) is 0 Å². The van der Waals surface area contributed by atoms with E-state index in [9.17, 15) is 4.79 Å². The highest BCUT2D eigenvalue weighted by Crippen LogP contribution is 2.18. The normalized spacial score (nSPS) is 15.5. The van der Waals surface area contributed by atoms with Gasteiger partial charge in [0.2, 0.25) is 0 Å². The van der Waals surface area contributed by atoms with Crippen LogP contribution in [0.4, 0.5) is 0 Å². The van der Waals surface area contributed by atoms with E-state index in [1.54, 1.807) is 6.92 Å². The number of ether oxygens (including phenoxy) is 2. The molecule has 3 atom stereocenters. The summed E-state index contributed by atoms with van der Waals surface area (Å²) in [5.41, 5.74) is 5.55. The summed E-state index contributed by atoms with van der Waals surface area (Å²) < 4.78 is 11.3. The van der Waals surface area contributed by atoms with Crippen molar-refractivity contribution < 1.29 is 14.3 Å². The third-order valence-corrected chi connectivity index (χ3v) is 2.93. The maximum atomic E-state index is 11.7. The number of benzene rings is 1. The molecule has 0 saturated heterocycles. The van der Waals surface area contributed by atoms with Gasteiger partial charge in [-0.25, -0.2) is 0 Å². The summed E-state index contributed by atoms with van der Waals surface area (Å²) >= 11 is 0. The lowest BCUT2D eigenvalue weighted by Crippen LogP contribution is -2.39. The van der Waals surface area contributed by atoms with Crippen LogP contribution < -0.4 is 10.5 Å². The van der Waals surface area contributed by atoms with Crippen molar-refractivity contribution in [3.8, 4) is 5.75 Å². The van der Waals surface area contributed by atoms with Crippen molar-refractivity contribution in [2.24, 2.45) is 11.7 Å². The Kier molecular flexibility index (Phi) is 6.52. The van der Waals surface area contributed by atoms with Crippen LogP contribution in [0.3, 0.4) is 0 Å². The van der Waals surface area contributed by atoms with Gasteiger partial charge in [-0.1, -0.05) is 32.0 Å². The number of hydrogen-bond acceptors (Lipinski definition) is 4. The number of rotatable bonds is 7. The van der Waals surface area contributed by atoms with E-state index >= 15 is 0 Å². The van der Waals surface area contributed by atoms with Gasteiger partial charge in [-0.05, 0) is 38.3 Å². The fourth-order valence-electron chi connectivity index (χ4n) is 1.85. The first-order valence-electron chi connectivity index (χ1n) is 7.08. The molecule has 0 amide bonds. The molecule has 0 radical (unpaired) electrons. The molecule has 0 fully saturated rings. The molecule has 0 aliphatic rings. The second kappa shape index (κ2) is 7.90. The average molecular weight is 279 g/mol. The number of esters is 1. The Morgan fingerprint density at radius 1 is 1.15 bits per heavy atom. The molecule has 0 spiro atoms. The Morgan fingerprint density at radius 3 is 2.25 bits per heavy atom. The number of nitrogens with two attached hydrogens (primary N) is 1. The van der Waals surface area contributed by atoms with Gasteiger partial charge in [0, 0.05) is 0 Å². The van der Waals surface area contributed by atoms with Gasteiger partial charge in [0.25, 0.3) is 0 Å². The van der Waals surface area contributed by atoms with Crippen molar-refractivity contribution in [1.29, 1.82) is 0 Å². The topological polar surface area (TPSA) is 61.5 Å². The summed E-state index contributed by atoms with van der Waals surface area (Å²) in [6.07, 6.45) is 0.225. The van der Waals surface area contributed by atoms with E-state index < -0.39 is 6.04 Å². The zero-order valence-electron chi connectivity index (χ0n) is 12.7. The number of para-hydroxylation sites is 1. The molecule has 0 bridgehead atoms. The Bertz CT molecular complexity index is 403. The average Bonchev–Trinajstić information content (AvgIpc) is 2.38. The van der Waals surface area contributed by atoms with E-state index in [4.69, 9.17) is 15.2 Å². The lowest BCUT2D eigenvalue weighted by molar-refractivity contribution is -0.155. The molecule has 112 valence electrons. The predicted molar refractivity (Wildman–Crippen MR) is 79.5 cm³/mol. The van der Waals surface area contributed by atoms with Crippen LogP contribution in [0.5, 0.6) is 5.75 Å². The fourth-order valence-corrected chi connectivity index (χ4v) is 1.85. The SMILES string of the molecule is CC(C)C[C@@H](OC(=O)[C@H](C)N)[C@@H](C)Oc1ccccc1. The number of hydrogen-bond donors (Lipinski definition) is 1. The van der Waals surface area contributed by atoms with E-state index in [1.807, 2.05) is 37.3 Å². The van der Waals surface area contributed by atoms with Gasteiger partial charge in [0.15, 0.2) is 0 Å². The molecule has 0 aromatic heterocycles. The van der Waals surface area contributed by atoms with Gasteiger partial charge < -0.3 is 15.2 Å². The van der Waals surface area contributed by atoms with Crippen molar-refractivity contribution in [1.82, 2.24) is 0 Å². The summed E-state index contributed by atoms with van der Waals surface area (Å²) in [5, 5.41) is 0. The molecule has 0 unspecified atom stereocenters. The van der Waals surface area contributed by atoms with Crippen molar-refractivity contribution >= 4 is 5.97 Å². The minimum Gasteiger partial charge on any atom is -0.487 e. The summed E-state index contributed by atoms with van der Waals surface area (Å²) in [4.78, 5) is 11.7. The molecule has 0 aliphatic carbocycles. The second-order valence-electron chi connectivity index (χ2n) is 5.53. The molecule has 1 aromatic carbocycles. The molecule has 1 rings (SSSR count). The maximum absolute atomic E-state index is 11.7. The van der Waals surface area contributed by atoms with Crippen LogP contribution in [-0.2, 0) is 9.53 Å². The second-order valence-corrected chi connectivity index (χ2v) is 5.53. The van der Waals surface area contributed by atoms with Crippen LogP contribution in [0.15, 0.2) is 30.3 Å². The molecule has 0 aliphatic heterocycles. The number of carbonyl (C=O) groups excluding carboxylic acids is 1. The largest absolute Gasteiger partial charge is 0.487 e. The minimum atomic E-state index is -0.617. The lowest BCUT2D eigenvalue weighted by Gasteiger charge is -2.27. The van der Waals surface area contributed by atoms with E-state index in [0.717, 1.165) is 12.2 Å². The molecule has 0 saturated carbocycles. The molecule has 0 heterocycles. The van der Waals surface area contributed by atoms with Gasteiger partial charge in [-0.3, -0.25) is 4.79 Å². The van der Waals surface area contributed by atoms with E-state index in [-0.39, 0.29) is 18.2 Å². The quantitative estimate of drug-likeness (QED) is 0.780. The van der Waals surface area contributed by atoms with Crippen LogP contribution in [0.25, 0.3) is 0 Å². The first-order valence-corrected chi connectivity index (χ1v) is 7.08. The molecule has 4 nitrogen and oxygen atoms in total. The summed E-state index contributed by atoms with van der Waals surface area (Å²) in [5.74, 6) is 0.785. The number of carbonyl (C=O) groups is 1. The van der Waals surface area contributed by atoms with E-state index in [2.05, 4.69) is 13.8 Å². The standard InChI is InChI=1S/C16H25NO3/c1-11(2)10-15(20-16(18)12(3)17)13(4)19-14-8-6-5-7-9-14/h5-9,11-13,15H,10,17H2,1-4H3/t12-,13+,15+/m0/s1. The Balaban J connectivity index is 2.68. The first-order chi connectivity index (χ1) is 9.40.